The molecule has 3 unspecified atom stereocenters. The Bertz CT molecular complexity index is 822. The summed E-state index contributed by atoms with van der Waals surface area (Å²) in [6.07, 6.45) is 21.5. The first kappa shape index (κ1) is 18.3. The summed E-state index contributed by atoms with van der Waals surface area (Å²) >= 11 is 0. The van der Waals surface area contributed by atoms with Crippen LogP contribution in [0.5, 0.6) is 0 Å². The predicted molar refractivity (Wildman–Crippen MR) is 116 cm³/mol. The third-order valence-corrected chi connectivity index (χ3v) is 6.57. The van der Waals surface area contributed by atoms with Gasteiger partial charge in [0.25, 0.3) is 0 Å². The quantitative estimate of drug-likeness (QED) is 0.335. The van der Waals surface area contributed by atoms with Crippen molar-refractivity contribution in [2.75, 3.05) is 6.54 Å². The molecule has 0 heterocycles. The van der Waals surface area contributed by atoms with Crippen molar-refractivity contribution in [1.29, 1.82) is 0 Å². The average molecular weight is 358 g/mol. The van der Waals surface area contributed by atoms with E-state index < -0.39 is 0 Å². The fraction of sp³-hybridized carbons (Fsp3) is 0.385. The standard InChI is InChI=1S/C26H31N/c1-3-5-11-22-18-20-19-26(22,25-16-7-6-15-24(20)25)21(10-4-2)12-9-17-27-23-13-8-14-23/h3-8,10-11,13,15-16,20,23,27H,2,9,12,14,17-19H2,1H3/b5-3-,21-10+,22-11-. The minimum Gasteiger partial charge on any atom is -0.310 e. The molecule has 3 aliphatic rings. The predicted octanol–water partition coefficient (Wildman–Crippen LogP) is 6.13. The second-order valence-corrected chi connectivity index (χ2v) is 8.07. The number of rotatable bonds is 8. The van der Waals surface area contributed by atoms with Gasteiger partial charge >= 0.3 is 0 Å². The number of fused-ring (bicyclic) bond motifs is 5. The summed E-state index contributed by atoms with van der Waals surface area (Å²) in [5.41, 5.74) is 6.34. The first-order chi connectivity index (χ1) is 13.3. The highest BCUT2D eigenvalue weighted by Gasteiger charge is 2.53. The molecule has 27 heavy (non-hydrogen) atoms. The molecule has 1 heteroatoms. The lowest BCUT2D eigenvalue weighted by molar-refractivity contribution is 0.531. The summed E-state index contributed by atoms with van der Waals surface area (Å²) in [7, 11) is 0. The molecular weight excluding hydrogens is 326 g/mol. The van der Waals surface area contributed by atoms with Gasteiger partial charge in [-0.25, -0.2) is 0 Å². The van der Waals surface area contributed by atoms with Crippen LogP contribution in [-0.4, -0.2) is 12.6 Å². The lowest BCUT2D eigenvalue weighted by Gasteiger charge is -2.35. The van der Waals surface area contributed by atoms with Crippen LogP contribution in [0.3, 0.4) is 0 Å². The van der Waals surface area contributed by atoms with E-state index in [1.54, 1.807) is 22.3 Å². The van der Waals surface area contributed by atoms with Crippen molar-refractivity contribution in [3.8, 4) is 0 Å². The number of benzene rings is 1. The van der Waals surface area contributed by atoms with E-state index in [2.05, 4.69) is 79.5 Å². The van der Waals surface area contributed by atoms with E-state index in [1.165, 1.54) is 25.7 Å². The Labute approximate surface area is 164 Å². The second-order valence-electron chi connectivity index (χ2n) is 8.07. The van der Waals surface area contributed by atoms with Crippen LogP contribution in [0.25, 0.3) is 0 Å². The highest BCUT2D eigenvalue weighted by Crippen LogP contribution is 2.63. The van der Waals surface area contributed by atoms with Crippen LogP contribution in [0, 0.1) is 0 Å². The van der Waals surface area contributed by atoms with E-state index in [-0.39, 0.29) is 5.41 Å². The summed E-state index contributed by atoms with van der Waals surface area (Å²) in [5.74, 6) is 0.671. The molecule has 1 fully saturated rings. The molecule has 1 N–H and O–H groups in total. The number of nitrogens with one attached hydrogen (secondary N) is 1. The van der Waals surface area contributed by atoms with Crippen molar-refractivity contribution in [2.45, 2.75) is 56.4 Å². The molecule has 0 spiro atoms. The van der Waals surface area contributed by atoms with Gasteiger partial charge in [-0.3, -0.25) is 0 Å². The van der Waals surface area contributed by atoms with Crippen LogP contribution in [-0.2, 0) is 5.41 Å². The van der Waals surface area contributed by atoms with Gasteiger partial charge in [0.1, 0.15) is 0 Å². The Morgan fingerprint density at radius 3 is 2.93 bits per heavy atom. The third-order valence-electron chi connectivity index (χ3n) is 6.57. The maximum atomic E-state index is 4.04. The van der Waals surface area contributed by atoms with Gasteiger partial charge in [-0.05, 0) is 62.6 Å². The van der Waals surface area contributed by atoms with Crippen LogP contribution >= 0.6 is 0 Å². The van der Waals surface area contributed by atoms with Crippen molar-refractivity contribution in [3.05, 3.63) is 95.6 Å². The first-order valence-corrected chi connectivity index (χ1v) is 10.4. The molecule has 1 saturated carbocycles. The van der Waals surface area contributed by atoms with Gasteiger partial charge in [0, 0.05) is 11.5 Å². The lowest BCUT2D eigenvalue weighted by Crippen LogP contribution is -2.32. The van der Waals surface area contributed by atoms with Crippen LogP contribution in [0.1, 0.15) is 56.1 Å². The Morgan fingerprint density at radius 1 is 1.33 bits per heavy atom. The maximum absolute atomic E-state index is 4.04. The van der Waals surface area contributed by atoms with E-state index in [9.17, 15) is 0 Å². The minimum atomic E-state index is 0.0886. The first-order valence-electron chi connectivity index (χ1n) is 10.4. The molecule has 3 atom stereocenters. The molecule has 0 radical (unpaired) electrons. The van der Waals surface area contributed by atoms with Gasteiger partial charge in [-0.15, -0.1) is 0 Å². The molecule has 2 bridgehead atoms. The fourth-order valence-electron chi connectivity index (χ4n) is 5.26. The van der Waals surface area contributed by atoms with Gasteiger partial charge in [-0.1, -0.05) is 84.5 Å². The topological polar surface area (TPSA) is 12.0 Å². The van der Waals surface area contributed by atoms with E-state index in [0.717, 1.165) is 13.0 Å². The van der Waals surface area contributed by atoms with Crippen LogP contribution in [0.15, 0.2) is 84.5 Å². The maximum Gasteiger partial charge on any atom is 0.0385 e. The van der Waals surface area contributed by atoms with E-state index >= 15 is 0 Å². The van der Waals surface area contributed by atoms with Gasteiger partial charge in [0.2, 0.25) is 0 Å². The lowest BCUT2D eigenvalue weighted by atomic mass is 9.68. The summed E-state index contributed by atoms with van der Waals surface area (Å²) in [6.45, 7) is 7.22. The van der Waals surface area contributed by atoms with E-state index in [0.29, 0.717) is 12.0 Å². The van der Waals surface area contributed by atoms with E-state index in [1.807, 2.05) is 6.08 Å². The van der Waals surface area contributed by atoms with Crippen molar-refractivity contribution < 1.29 is 0 Å². The third kappa shape index (κ3) is 3.19. The molecule has 1 nitrogen and oxygen atoms in total. The van der Waals surface area contributed by atoms with Crippen molar-refractivity contribution >= 4 is 0 Å². The summed E-state index contributed by atoms with van der Waals surface area (Å²) in [4.78, 5) is 0. The summed E-state index contributed by atoms with van der Waals surface area (Å²) in [6, 6.07) is 9.74. The zero-order valence-electron chi connectivity index (χ0n) is 16.5. The summed E-state index contributed by atoms with van der Waals surface area (Å²) in [5, 5.41) is 3.65. The van der Waals surface area contributed by atoms with Gasteiger partial charge in [0.15, 0.2) is 0 Å². The summed E-state index contributed by atoms with van der Waals surface area (Å²) < 4.78 is 0. The monoisotopic (exact) mass is 357 g/mol. The zero-order chi connectivity index (χ0) is 18.7. The fourth-order valence-corrected chi connectivity index (χ4v) is 5.26. The minimum absolute atomic E-state index is 0.0886. The molecule has 1 aromatic rings. The SMILES string of the molecule is C=C/C=C(\CCCNC1C=CC1)C12CC(C/C1=C/C=C\C)c1ccccc12. The highest BCUT2D eigenvalue weighted by molar-refractivity contribution is 5.61. The van der Waals surface area contributed by atoms with Gasteiger partial charge in [-0.2, -0.15) is 0 Å². The van der Waals surface area contributed by atoms with Crippen molar-refractivity contribution in [1.82, 2.24) is 5.32 Å². The Balaban J connectivity index is 1.63. The Morgan fingerprint density at radius 2 is 2.19 bits per heavy atom. The molecule has 0 aliphatic heterocycles. The van der Waals surface area contributed by atoms with Crippen LogP contribution < -0.4 is 5.32 Å². The van der Waals surface area contributed by atoms with E-state index in [4.69, 9.17) is 0 Å². The van der Waals surface area contributed by atoms with Crippen LogP contribution in [0.4, 0.5) is 0 Å². The molecular formula is C26H31N. The van der Waals surface area contributed by atoms with Gasteiger partial charge < -0.3 is 5.32 Å². The number of allylic oxidation sites excluding steroid dienone is 7. The number of hydrogen-bond donors (Lipinski definition) is 1. The van der Waals surface area contributed by atoms with Crippen LogP contribution in [0.2, 0.25) is 0 Å². The molecule has 140 valence electrons. The molecule has 0 amide bonds. The molecule has 3 aliphatic carbocycles. The van der Waals surface area contributed by atoms with Crippen molar-refractivity contribution in [2.24, 2.45) is 0 Å². The zero-order valence-corrected chi connectivity index (χ0v) is 16.5. The molecule has 0 aromatic heterocycles. The average Bonchev–Trinajstić information content (AvgIpc) is 3.19. The number of hydrogen-bond acceptors (Lipinski definition) is 1. The Hall–Kier alpha value is -2.12. The Kier molecular flexibility index (Phi) is 5.31. The smallest absolute Gasteiger partial charge is 0.0385 e. The largest absolute Gasteiger partial charge is 0.310 e. The van der Waals surface area contributed by atoms with Crippen molar-refractivity contribution in [3.63, 3.8) is 0 Å². The molecule has 0 saturated heterocycles. The van der Waals surface area contributed by atoms with Gasteiger partial charge in [0.05, 0.1) is 0 Å². The second kappa shape index (κ2) is 7.86. The molecule has 1 aromatic carbocycles. The molecule has 4 rings (SSSR count). The highest BCUT2D eigenvalue weighted by atomic mass is 14.9. The normalized spacial score (nSPS) is 30.1.